The molecular formula is C6H16ClN. The quantitative estimate of drug-likeness (QED) is 0.391. The highest BCUT2D eigenvalue weighted by molar-refractivity contribution is 4.20. The summed E-state index contributed by atoms with van der Waals surface area (Å²) in [5.41, 5.74) is 0. The maximum Gasteiger partial charge on any atom is 0.0777 e. The molecule has 0 aromatic heterocycles. The van der Waals surface area contributed by atoms with Gasteiger partial charge in [-0.1, -0.05) is 6.92 Å². The van der Waals surface area contributed by atoms with Crippen LogP contribution in [0.5, 0.6) is 0 Å². The first-order valence-electron chi connectivity index (χ1n) is 2.86. The highest BCUT2D eigenvalue weighted by Crippen LogP contribution is 1.90. The lowest BCUT2D eigenvalue weighted by molar-refractivity contribution is -0.870. The van der Waals surface area contributed by atoms with Crippen molar-refractivity contribution in [2.24, 2.45) is 0 Å². The molecule has 0 aromatic carbocycles. The summed E-state index contributed by atoms with van der Waals surface area (Å²) >= 11 is 0. The second-order valence-corrected chi connectivity index (χ2v) is 3.01. The minimum absolute atomic E-state index is 0. The zero-order valence-electron chi connectivity index (χ0n) is 6.24. The average Bonchev–Trinajstić information content (AvgIpc) is 1.30. The van der Waals surface area contributed by atoms with Crippen LogP contribution in [-0.4, -0.2) is 32.2 Å². The fourth-order valence-electron chi connectivity index (χ4n) is 0.671. The zero-order chi connectivity index (χ0) is 5.91. The van der Waals surface area contributed by atoms with Gasteiger partial charge in [0.25, 0.3) is 0 Å². The van der Waals surface area contributed by atoms with E-state index in [9.17, 15) is 0 Å². The Morgan fingerprint density at radius 3 is 1.50 bits per heavy atom. The van der Waals surface area contributed by atoms with Crippen LogP contribution in [-0.2, 0) is 0 Å². The Balaban J connectivity index is 0. The molecule has 0 saturated heterocycles. The molecule has 0 aliphatic carbocycles. The van der Waals surface area contributed by atoms with Crippen molar-refractivity contribution in [3.63, 3.8) is 0 Å². The molecule has 0 spiro atoms. The van der Waals surface area contributed by atoms with Crippen molar-refractivity contribution in [1.82, 2.24) is 0 Å². The van der Waals surface area contributed by atoms with E-state index in [4.69, 9.17) is 0 Å². The van der Waals surface area contributed by atoms with E-state index in [0.29, 0.717) is 0 Å². The molecule has 52 valence electrons. The highest BCUT2D eigenvalue weighted by atomic mass is 35.5. The largest absolute Gasteiger partial charge is 1.00 e. The normalized spacial score (nSPS) is 10.5. The van der Waals surface area contributed by atoms with Gasteiger partial charge in [0.2, 0.25) is 0 Å². The molecule has 0 rings (SSSR count). The van der Waals surface area contributed by atoms with E-state index in [-0.39, 0.29) is 12.4 Å². The second-order valence-electron chi connectivity index (χ2n) is 3.01. The Kier molecular flexibility index (Phi) is 5.77. The molecule has 0 N–H and O–H groups in total. The molecule has 0 amide bonds. The van der Waals surface area contributed by atoms with Gasteiger partial charge in [-0.2, -0.15) is 0 Å². The number of rotatable bonds is 2. The first-order chi connectivity index (χ1) is 3.06. The van der Waals surface area contributed by atoms with Crippen LogP contribution in [0.4, 0.5) is 0 Å². The van der Waals surface area contributed by atoms with Crippen LogP contribution in [0, 0.1) is 0 Å². The molecule has 0 fully saturated rings. The summed E-state index contributed by atoms with van der Waals surface area (Å²) in [6.45, 7) is 3.49. The second kappa shape index (κ2) is 4.16. The third-order valence-corrected chi connectivity index (χ3v) is 0.894. The van der Waals surface area contributed by atoms with Gasteiger partial charge in [0.15, 0.2) is 0 Å². The van der Waals surface area contributed by atoms with Gasteiger partial charge in [0.05, 0.1) is 27.7 Å². The maximum absolute atomic E-state index is 2.21. The number of hydrogen-bond donors (Lipinski definition) is 0. The van der Waals surface area contributed by atoms with Gasteiger partial charge in [-0.3, -0.25) is 0 Å². The van der Waals surface area contributed by atoms with Crippen molar-refractivity contribution < 1.29 is 16.9 Å². The third-order valence-electron chi connectivity index (χ3n) is 0.894. The summed E-state index contributed by atoms with van der Waals surface area (Å²) in [6, 6.07) is 0. The Morgan fingerprint density at radius 2 is 1.50 bits per heavy atom. The van der Waals surface area contributed by atoms with E-state index < -0.39 is 0 Å². The van der Waals surface area contributed by atoms with E-state index in [0.717, 1.165) is 4.48 Å². The fraction of sp³-hybridized carbons (Fsp3) is 1.00. The van der Waals surface area contributed by atoms with Crippen LogP contribution in [0.2, 0.25) is 0 Å². The molecule has 1 nitrogen and oxygen atoms in total. The fourth-order valence-corrected chi connectivity index (χ4v) is 0.671. The predicted molar refractivity (Wildman–Crippen MR) is 33.2 cm³/mol. The summed E-state index contributed by atoms with van der Waals surface area (Å²) in [6.07, 6.45) is 1.28. The topological polar surface area (TPSA) is 0 Å². The minimum Gasteiger partial charge on any atom is -1.00 e. The Hall–Kier alpha value is 0.250. The van der Waals surface area contributed by atoms with Crippen molar-refractivity contribution in [3.8, 4) is 0 Å². The smallest absolute Gasteiger partial charge is 0.0777 e. The van der Waals surface area contributed by atoms with Crippen molar-refractivity contribution in [1.29, 1.82) is 0 Å². The van der Waals surface area contributed by atoms with Crippen LogP contribution in [0.3, 0.4) is 0 Å². The lowest BCUT2D eigenvalue weighted by Gasteiger charge is -2.22. The molecule has 0 aromatic rings. The Morgan fingerprint density at radius 1 is 1.12 bits per heavy atom. The van der Waals surface area contributed by atoms with E-state index >= 15 is 0 Å². The Bertz CT molecular complexity index is 47.0. The monoisotopic (exact) mass is 137 g/mol. The summed E-state index contributed by atoms with van der Waals surface area (Å²) in [4.78, 5) is 0. The molecule has 0 heterocycles. The summed E-state index contributed by atoms with van der Waals surface area (Å²) in [5.74, 6) is 0. The van der Waals surface area contributed by atoms with Gasteiger partial charge in [0, 0.05) is 0 Å². The number of hydrogen-bond acceptors (Lipinski definition) is 0. The van der Waals surface area contributed by atoms with Crippen LogP contribution in [0.25, 0.3) is 0 Å². The third kappa shape index (κ3) is 9.54. The lowest BCUT2D eigenvalue weighted by atomic mass is 10.4. The van der Waals surface area contributed by atoms with Gasteiger partial charge in [-0.05, 0) is 6.42 Å². The van der Waals surface area contributed by atoms with Crippen molar-refractivity contribution in [2.75, 3.05) is 27.7 Å². The van der Waals surface area contributed by atoms with Gasteiger partial charge >= 0.3 is 0 Å². The summed E-state index contributed by atoms with van der Waals surface area (Å²) < 4.78 is 1.09. The molecule has 0 aliphatic rings. The van der Waals surface area contributed by atoms with Crippen LogP contribution >= 0.6 is 0 Å². The van der Waals surface area contributed by atoms with Gasteiger partial charge < -0.3 is 16.9 Å². The molecule has 8 heavy (non-hydrogen) atoms. The predicted octanol–water partition coefficient (Wildman–Crippen LogP) is -1.89. The van der Waals surface area contributed by atoms with Crippen LogP contribution in [0.1, 0.15) is 13.3 Å². The molecule has 0 bridgehead atoms. The minimum atomic E-state index is 0. The van der Waals surface area contributed by atoms with E-state index in [1.807, 2.05) is 0 Å². The average molecular weight is 138 g/mol. The summed E-state index contributed by atoms with van der Waals surface area (Å²) in [7, 11) is 6.64. The molecule has 0 unspecified atom stereocenters. The first kappa shape index (κ1) is 11.1. The molecule has 0 aliphatic heterocycles. The number of quaternary nitrogens is 1. The van der Waals surface area contributed by atoms with Gasteiger partial charge in [-0.15, -0.1) is 0 Å². The van der Waals surface area contributed by atoms with Gasteiger partial charge in [0.1, 0.15) is 0 Å². The lowest BCUT2D eigenvalue weighted by Crippen LogP contribution is -3.00. The van der Waals surface area contributed by atoms with Crippen molar-refractivity contribution >= 4 is 0 Å². The van der Waals surface area contributed by atoms with E-state index in [1.165, 1.54) is 13.0 Å². The molecule has 0 radical (unpaired) electrons. The Labute approximate surface area is 58.7 Å². The standard InChI is InChI=1S/C6H16N.ClH/c1-5-6-7(2,3)4;/h5-6H2,1-4H3;1H/q+1;/p-1. The van der Waals surface area contributed by atoms with Crippen molar-refractivity contribution in [2.45, 2.75) is 13.3 Å². The highest BCUT2D eigenvalue weighted by Gasteiger charge is 2.01. The zero-order valence-corrected chi connectivity index (χ0v) is 7.00. The van der Waals surface area contributed by atoms with Crippen LogP contribution < -0.4 is 12.4 Å². The van der Waals surface area contributed by atoms with Gasteiger partial charge in [-0.25, -0.2) is 0 Å². The van der Waals surface area contributed by atoms with Crippen LogP contribution in [0.15, 0.2) is 0 Å². The summed E-state index contributed by atoms with van der Waals surface area (Å²) in [5, 5.41) is 0. The first-order valence-corrected chi connectivity index (χ1v) is 2.86. The molecule has 0 saturated carbocycles. The van der Waals surface area contributed by atoms with Crippen molar-refractivity contribution in [3.05, 3.63) is 0 Å². The molecular weight excluding hydrogens is 122 g/mol. The number of nitrogens with zero attached hydrogens (tertiary/aromatic N) is 1. The van der Waals surface area contributed by atoms with E-state index in [1.54, 1.807) is 0 Å². The molecule has 0 atom stereocenters. The SMILES string of the molecule is CCC[N+](C)(C)C.[Cl-]. The molecule has 2 heteroatoms. The number of halogens is 1. The maximum atomic E-state index is 2.21. The van der Waals surface area contributed by atoms with E-state index in [2.05, 4.69) is 28.1 Å².